The third kappa shape index (κ3) is 4.28. The monoisotopic (exact) mass is 242 g/mol. The van der Waals surface area contributed by atoms with E-state index < -0.39 is 5.60 Å². The second-order valence-corrected chi connectivity index (χ2v) is 7.17. The molecule has 0 heterocycles. The average Bonchev–Trinajstić information content (AvgIpc) is 2.23. The highest BCUT2D eigenvalue weighted by Gasteiger charge is 2.43. The Hall–Kier alpha value is -0.0400. The Morgan fingerprint density at radius 2 is 1.18 bits per heavy atom. The maximum atomic E-state index is 11.2. The zero-order chi connectivity index (χ0) is 13.9. The topological polar surface area (TPSA) is 20.2 Å². The number of aliphatic hydroxyl groups is 1. The van der Waals surface area contributed by atoms with Crippen LogP contribution in [0.1, 0.15) is 74.7 Å². The lowest BCUT2D eigenvalue weighted by Gasteiger charge is -2.45. The van der Waals surface area contributed by atoms with E-state index in [1.165, 1.54) is 0 Å². The minimum absolute atomic E-state index is 0.286. The Balaban J connectivity index is 5.04. The third-order valence-corrected chi connectivity index (χ3v) is 4.51. The van der Waals surface area contributed by atoms with E-state index in [0.717, 1.165) is 19.3 Å². The molecule has 0 spiro atoms. The highest BCUT2D eigenvalue weighted by atomic mass is 16.3. The van der Waals surface area contributed by atoms with E-state index >= 15 is 0 Å². The predicted molar refractivity (Wildman–Crippen MR) is 77.1 cm³/mol. The summed E-state index contributed by atoms with van der Waals surface area (Å²) in [5.41, 5.74) is -0.231. The standard InChI is InChI=1S/C16H34O/c1-9-12(3)16(17,13(4)10-2)14(5)11-15(6,7)8/h12-14,17H,9-11H2,1-8H3. The molecule has 0 radical (unpaired) electrons. The van der Waals surface area contributed by atoms with Gasteiger partial charge in [0.05, 0.1) is 5.60 Å². The molecule has 0 aromatic rings. The molecule has 1 N–H and O–H groups in total. The molecular formula is C16H34O. The van der Waals surface area contributed by atoms with Gasteiger partial charge >= 0.3 is 0 Å². The van der Waals surface area contributed by atoms with E-state index in [1.807, 2.05) is 0 Å². The van der Waals surface area contributed by atoms with Crippen molar-refractivity contribution < 1.29 is 5.11 Å². The van der Waals surface area contributed by atoms with Gasteiger partial charge in [0.1, 0.15) is 0 Å². The second-order valence-electron chi connectivity index (χ2n) is 7.17. The Morgan fingerprint density at radius 3 is 1.41 bits per heavy atom. The molecular weight excluding hydrogens is 208 g/mol. The molecule has 1 nitrogen and oxygen atoms in total. The smallest absolute Gasteiger partial charge is 0.0723 e. The average molecular weight is 242 g/mol. The van der Waals surface area contributed by atoms with Gasteiger partial charge in [-0.25, -0.2) is 0 Å². The molecule has 3 atom stereocenters. The van der Waals surface area contributed by atoms with Gasteiger partial charge in [0, 0.05) is 0 Å². The molecule has 0 saturated heterocycles. The molecule has 0 aliphatic heterocycles. The number of hydrogen-bond acceptors (Lipinski definition) is 1. The van der Waals surface area contributed by atoms with Gasteiger partial charge in [0.25, 0.3) is 0 Å². The molecule has 104 valence electrons. The lowest BCUT2D eigenvalue weighted by Crippen LogP contribution is -2.49. The SMILES string of the molecule is CCC(C)C(O)(C(C)CC)C(C)CC(C)(C)C. The van der Waals surface area contributed by atoms with Crippen LogP contribution in [-0.2, 0) is 0 Å². The van der Waals surface area contributed by atoms with Crippen molar-refractivity contribution in [1.82, 2.24) is 0 Å². The molecule has 0 amide bonds. The van der Waals surface area contributed by atoms with Crippen LogP contribution in [0.4, 0.5) is 0 Å². The fraction of sp³-hybridized carbons (Fsp3) is 1.00. The summed E-state index contributed by atoms with van der Waals surface area (Å²) in [6.07, 6.45) is 3.18. The number of hydrogen-bond donors (Lipinski definition) is 1. The zero-order valence-corrected chi connectivity index (χ0v) is 13.3. The van der Waals surface area contributed by atoms with Crippen molar-refractivity contribution in [3.8, 4) is 0 Å². The first-order valence-electron chi connectivity index (χ1n) is 7.31. The van der Waals surface area contributed by atoms with Crippen molar-refractivity contribution in [2.24, 2.45) is 23.2 Å². The van der Waals surface area contributed by atoms with E-state index in [4.69, 9.17) is 0 Å². The molecule has 3 unspecified atom stereocenters. The van der Waals surface area contributed by atoms with Gasteiger partial charge in [-0.2, -0.15) is 0 Å². The minimum atomic E-state index is -0.517. The molecule has 0 saturated carbocycles. The molecule has 0 aromatic heterocycles. The highest BCUT2D eigenvalue weighted by Crippen LogP contribution is 2.42. The first-order valence-corrected chi connectivity index (χ1v) is 7.31. The van der Waals surface area contributed by atoms with Crippen molar-refractivity contribution in [2.45, 2.75) is 80.3 Å². The fourth-order valence-corrected chi connectivity index (χ4v) is 3.19. The second kappa shape index (κ2) is 6.22. The summed E-state index contributed by atoms with van der Waals surface area (Å²) < 4.78 is 0. The molecule has 0 aliphatic carbocycles. The summed E-state index contributed by atoms with van der Waals surface area (Å²) in [6.45, 7) is 17.8. The van der Waals surface area contributed by atoms with Crippen LogP contribution in [0.2, 0.25) is 0 Å². The lowest BCUT2D eigenvalue weighted by molar-refractivity contribution is -0.112. The summed E-state index contributed by atoms with van der Waals surface area (Å²) in [5.74, 6) is 1.09. The van der Waals surface area contributed by atoms with Crippen molar-refractivity contribution in [3.05, 3.63) is 0 Å². The van der Waals surface area contributed by atoms with Crippen LogP contribution in [0.15, 0.2) is 0 Å². The molecule has 0 rings (SSSR count). The van der Waals surface area contributed by atoms with Gasteiger partial charge in [-0.3, -0.25) is 0 Å². The fourth-order valence-electron chi connectivity index (χ4n) is 3.19. The minimum Gasteiger partial charge on any atom is -0.389 e. The van der Waals surface area contributed by atoms with E-state index in [1.54, 1.807) is 0 Å². The van der Waals surface area contributed by atoms with Crippen LogP contribution < -0.4 is 0 Å². The largest absolute Gasteiger partial charge is 0.389 e. The summed E-state index contributed by atoms with van der Waals surface area (Å²) in [7, 11) is 0. The molecule has 0 bridgehead atoms. The van der Waals surface area contributed by atoms with Crippen LogP contribution in [0.25, 0.3) is 0 Å². The van der Waals surface area contributed by atoms with Crippen LogP contribution >= 0.6 is 0 Å². The van der Waals surface area contributed by atoms with Gasteiger partial charge in [-0.15, -0.1) is 0 Å². The molecule has 17 heavy (non-hydrogen) atoms. The van der Waals surface area contributed by atoms with E-state index in [-0.39, 0.29) is 5.41 Å². The third-order valence-electron chi connectivity index (χ3n) is 4.51. The van der Waals surface area contributed by atoms with Gasteiger partial charge in [-0.05, 0) is 29.6 Å². The van der Waals surface area contributed by atoms with Gasteiger partial charge in [0.2, 0.25) is 0 Å². The highest BCUT2D eigenvalue weighted by molar-refractivity contribution is 4.93. The van der Waals surface area contributed by atoms with Crippen LogP contribution in [0, 0.1) is 23.2 Å². The van der Waals surface area contributed by atoms with Gasteiger partial charge in [-0.1, -0.05) is 68.2 Å². The summed E-state index contributed by atoms with van der Waals surface area (Å²) in [6, 6.07) is 0. The van der Waals surface area contributed by atoms with Crippen molar-refractivity contribution in [3.63, 3.8) is 0 Å². The van der Waals surface area contributed by atoms with E-state index in [9.17, 15) is 5.11 Å². The van der Waals surface area contributed by atoms with Crippen LogP contribution in [-0.4, -0.2) is 10.7 Å². The summed E-state index contributed by atoms with van der Waals surface area (Å²) >= 11 is 0. The van der Waals surface area contributed by atoms with E-state index in [2.05, 4.69) is 55.4 Å². The molecule has 0 aromatic carbocycles. The molecule has 0 aliphatic rings. The molecule has 1 heteroatoms. The van der Waals surface area contributed by atoms with Crippen LogP contribution in [0.3, 0.4) is 0 Å². The van der Waals surface area contributed by atoms with Crippen molar-refractivity contribution >= 4 is 0 Å². The lowest BCUT2D eigenvalue weighted by atomic mass is 9.65. The van der Waals surface area contributed by atoms with E-state index in [0.29, 0.717) is 17.8 Å². The summed E-state index contributed by atoms with van der Waals surface area (Å²) in [5, 5.41) is 11.2. The van der Waals surface area contributed by atoms with Crippen molar-refractivity contribution in [2.75, 3.05) is 0 Å². The Labute approximate surface area is 109 Å². The van der Waals surface area contributed by atoms with Gasteiger partial charge in [0.15, 0.2) is 0 Å². The Kier molecular flexibility index (Phi) is 6.21. The quantitative estimate of drug-likeness (QED) is 0.703. The van der Waals surface area contributed by atoms with Gasteiger partial charge < -0.3 is 5.11 Å². The maximum absolute atomic E-state index is 11.2. The Morgan fingerprint density at radius 1 is 0.824 bits per heavy atom. The predicted octanol–water partition coefficient (Wildman–Crippen LogP) is 4.88. The first kappa shape index (κ1) is 17.0. The maximum Gasteiger partial charge on any atom is 0.0723 e. The van der Waals surface area contributed by atoms with Crippen molar-refractivity contribution in [1.29, 1.82) is 0 Å². The zero-order valence-electron chi connectivity index (χ0n) is 13.3. The Bertz CT molecular complexity index is 204. The summed E-state index contributed by atoms with van der Waals surface area (Å²) in [4.78, 5) is 0. The van der Waals surface area contributed by atoms with Crippen LogP contribution in [0.5, 0.6) is 0 Å². The molecule has 0 fully saturated rings. The normalized spacial score (nSPS) is 21.7. The number of rotatable bonds is 6. The first-order chi connectivity index (χ1) is 7.59.